The van der Waals surface area contributed by atoms with E-state index in [2.05, 4.69) is 9.97 Å². The van der Waals surface area contributed by atoms with Gasteiger partial charge in [-0.1, -0.05) is 38.6 Å². The molecule has 0 radical (unpaired) electrons. The van der Waals surface area contributed by atoms with E-state index >= 15 is 0 Å². The van der Waals surface area contributed by atoms with E-state index in [9.17, 15) is 18.4 Å². The molecule has 0 aliphatic carbocycles. The molecule has 0 saturated carbocycles. The van der Waals surface area contributed by atoms with Gasteiger partial charge in [-0.05, 0) is 18.2 Å². The van der Waals surface area contributed by atoms with Gasteiger partial charge in [0.05, 0.1) is 16.8 Å². The standard InChI is InChI=1S/C17H16F3N3S/c1-16(2,3)14-8-13(17(18,19)20)12(9-21)15(23-14)24-10-11-6-4-5-7-22-11/h4-8H,10H2,1-3H3. The van der Waals surface area contributed by atoms with Crippen LogP contribution in [-0.2, 0) is 17.3 Å². The lowest BCUT2D eigenvalue weighted by Crippen LogP contribution is -2.18. The molecular formula is C17H16F3N3S. The van der Waals surface area contributed by atoms with Crippen LogP contribution >= 0.6 is 11.8 Å². The number of rotatable bonds is 3. The SMILES string of the molecule is CC(C)(C)c1cc(C(F)(F)F)c(C#N)c(SCc2ccccn2)n1. The summed E-state index contributed by atoms with van der Waals surface area (Å²) in [6, 6.07) is 7.97. The van der Waals surface area contributed by atoms with Crippen LogP contribution in [0.3, 0.4) is 0 Å². The summed E-state index contributed by atoms with van der Waals surface area (Å²) >= 11 is 1.09. The van der Waals surface area contributed by atoms with Crippen molar-refractivity contribution in [2.24, 2.45) is 0 Å². The number of aromatic nitrogens is 2. The van der Waals surface area contributed by atoms with E-state index in [-0.39, 0.29) is 5.03 Å². The molecule has 2 heterocycles. The Morgan fingerprint density at radius 3 is 2.42 bits per heavy atom. The maximum Gasteiger partial charge on any atom is 0.417 e. The minimum atomic E-state index is -4.60. The lowest BCUT2D eigenvalue weighted by atomic mass is 9.90. The molecule has 0 amide bonds. The third-order valence-electron chi connectivity index (χ3n) is 3.25. The van der Waals surface area contributed by atoms with Gasteiger partial charge in [0.1, 0.15) is 11.1 Å². The minimum absolute atomic E-state index is 0.0860. The van der Waals surface area contributed by atoms with E-state index in [0.29, 0.717) is 17.1 Å². The number of nitriles is 1. The topological polar surface area (TPSA) is 49.6 Å². The van der Waals surface area contributed by atoms with Gasteiger partial charge in [-0.3, -0.25) is 4.98 Å². The van der Waals surface area contributed by atoms with Gasteiger partial charge in [-0.2, -0.15) is 18.4 Å². The number of halogens is 3. The molecule has 2 rings (SSSR count). The molecule has 0 aliphatic heterocycles. The summed E-state index contributed by atoms with van der Waals surface area (Å²) in [6.45, 7) is 5.36. The number of hydrogen-bond acceptors (Lipinski definition) is 4. The highest BCUT2D eigenvalue weighted by Gasteiger charge is 2.37. The highest BCUT2D eigenvalue weighted by molar-refractivity contribution is 7.98. The Morgan fingerprint density at radius 2 is 1.92 bits per heavy atom. The van der Waals surface area contributed by atoms with E-state index in [4.69, 9.17) is 0 Å². The van der Waals surface area contributed by atoms with Crippen LogP contribution in [0.25, 0.3) is 0 Å². The lowest BCUT2D eigenvalue weighted by Gasteiger charge is -2.21. The Hall–Kier alpha value is -2.07. The maximum absolute atomic E-state index is 13.3. The van der Waals surface area contributed by atoms with Crippen molar-refractivity contribution in [2.75, 3.05) is 0 Å². The van der Waals surface area contributed by atoms with Gasteiger partial charge in [0, 0.05) is 23.1 Å². The fourth-order valence-corrected chi connectivity index (χ4v) is 2.89. The van der Waals surface area contributed by atoms with Gasteiger partial charge in [0.2, 0.25) is 0 Å². The molecule has 0 unspecified atom stereocenters. The van der Waals surface area contributed by atoms with E-state index in [1.165, 1.54) is 0 Å². The van der Waals surface area contributed by atoms with Gasteiger partial charge in [0.15, 0.2) is 0 Å². The second-order valence-electron chi connectivity index (χ2n) is 6.20. The normalized spacial score (nSPS) is 12.0. The molecule has 0 spiro atoms. The van der Waals surface area contributed by atoms with Crippen LogP contribution in [0, 0.1) is 11.3 Å². The highest BCUT2D eigenvalue weighted by atomic mass is 32.2. The van der Waals surface area contributed by atoms with E-state index in [1.807, 2.05) is 0 Å². The predicted octanol–water partition coefficient (Wildman–Crippen LogP) is 4.96. The fourth-order valence-electron chi connectivity index (χ4n) is 1.97. The van der Waals surface area contributed by atoms with Gasteiger partial charge in [0.25, 0.3) is 0 Å². The molecule has 7 heteroatoms. The average molecular weight is 351 g/mol. The van der Waals surface area contributed by atoms with Crippen molar-refractivity contribution in [1.82, 2.24) is 9.97 Å². The zero-order valence-electron chi connectivity index (χ0n) is 13.5. The summed E-state index contributed by atoms with van der Waals surface area (Å²) in [4.78, 5) is 8.45. The maximum atomic E-state index is 13.3. The molecule has 0 bridgehead atoms. The molecule has 2 aromatic heterocycles. The zero-order chi connectivity index (χ0) is 18.0. The Balaban J connectivity index is 2.50. The molecule has 0 fully saturated rings. The van der Waals surface area contributed by atoms with Gasteiger partial charge >= 0.3 is 6.18 Å². The quantitative estimate of drug-likeness (QED) is 0.734. The Morgan fingerprint density at radius 1 is 1.21 bits per heavy atom. The molecule has 3 nitrogen and oxygen atoms in total. The first-order chi connectivity index (χ1) is 11.1. The number of thioether (sulfide) groups is 1. The van der Waals surface area contributed by atoms with Crippen LogP contribution in [0.4, 0.5) is 13.2 Å². The third-order valence-corrected chi connectivity index (χ3v) is 4.26. The van der Waals surface area contributed by atoms with E-state index in [0.717, 1.165) is 17.8 Å². The van der Waals surface area contributed by atoms with Crippen LogP contribution in [-0.4, -0.2) is 9.97 Å². The van der Waals surface area contributed by atoms with Crippen molar-refractivity contribution in [3.8, 4) is 6.07 Å². The summed E-state index contributed by atoms with van der Waals surface area (Å²) in [5.41, 5.74) is -0.918. The summed E-state index contributed by atoms with van der Waals surface area (Å²) in [5, 5.41) is 9.32. The van der Waals surface area contributed by atoms with Gasteiger partial charge in [-0.15, -0.1) is 0 Å². The first kappa shape index (κ1) is 18.3. The van der Waals surface area contributed by atoms with Crippen molar-refractivity contribution in [3.63, 3.8) is 0 Å². The van der Waals surface area contributed by atoms with Crippen LogP contribution in [0.2, 0.25) is 0 Å². The summed E-state index contributed by atoms with van der Waals surface area (Å²) in [7, 11) is 0. The Kier molecular flexibility index (Phi) is 5.19. The number of pyridine rings is 2. The molecule has 0 N–H and O–H groups in total. The monoisotopic (exact) mass is 351 g/mol. The van der Waals surface area contributed by atoms with Crippen molar-refractivity contribution in [2.45, 2.75) is 43.1 Å². The van der Waals surface area contributed by atoms with E-state index in [1.54, 1.807) is 51.2 Å². The van der Waals surface area contributed by atoms with Crippen LogP contribution < -0.4 is 0 Å². The Labute approximate surface area is 142 Å². The molecule has 24 heavy (non-hydrogen) atoms. The Bertz CT molecular complexity index is 760. The smallest absolute Gasteiger partial charge is 0.260 e. The number of alkyl halides is 3. The minimum Gasteiger partial charge on any atom is -0.260 e. The molecular weight excluding hydrogens is 335 g/mol. The van der Waals surface area contributed by atoms with E-state index < -0.39 is 22.7 Å². The first-order valence-corrected chi connectivity index (χ1v) is 8.17. The van der Waals surface area contributed by atoms with Crippen molar-refractivity contribution >= 4 is 11.8 Å². The summed E-state index contributed by atoms with van der Waals surface area (Å²) < 4.78 is 40.0. The van der Waals surface area contributed by atoms with Crippen LogP contribution in [0.1, 0.15) is 43.3 Å². The fraction of sp³-hybridized carbons (Fsp3) is 0.353. The van der Waals surface area contributed by atoms with Gasteiger partial charge < -0.3 is 0 Å². The molecule has 126 valence electrons. The predicted molar refractivity (Wildman–Crippen MR) is 86.5 cm³/mol. The number of hydrogen-bond donors (Lipinski definition) is 0. The summed E-state index contributed by atoms with van der Waals surface area (Å²) in [5.74, 6) is 0.341. The molecule has 0 aliphatic rings. The van der Waals surface area contributed by atoms with Gasteiger partial charge in [-0.25, -0.2) is 4.98 Å². The first-order valence-electron chi connectivity index (χ1n) is 7.18. The van der Waals surface area contributed by atoms with Crippen molar-refractivity contribution in [3.05, 3.63) is 53.0 Å². The largest absolute Gasteiger partial charge is 0.417 e. The third kappa shape index (κ3) is 4.26. The van der Waals surface area contributed by atoms with Crippen LogP contribution in [0.15, 0.2) is 35.5 Å². The lowest BCUT2D eigenvalue weighted by molar-refractivity contribution is -0.138. The number of nitrogens with zero attached hydrogens (tertiary/aromatic N) is 3. The van der Waals surface area contributed by atoms with Crippen molar-refractivity contribution in [1.29, 1.82) is 5.26 Å². The molecule has 2 aromatic rings. The second kappa shape index (κ2) is 6.81. The van der Waals surface area contributed by atoms with Crippen molar-refractivity contribution < 1.29 is 13.2 Å². The summed E-state index contributed by atoms with van der Waals surface area (Å²) in [6.07, 6.45) is -2.99. The molecule has 0 saturated heterocycles. The van der Waals surface area contributed by atoms with Crippen LogP contribution in [0.5, 0.6) is 0 Å². The molecule has 0 aromatic carbocycles. The highest BCUT2D eigenvalue weighted by Crippen LogP contribution is 2.38. The average Bonchev–Trinajstić information content (AvgIpc) is 2.51. The zero-order valence-corrected chi connectivity index (χ0v) is 14.3. The molecule has 0 atom stereocenters. The second-order valence-corrected chi connectivity index (χ2v) is 7.17.